The van der Waals surface area contributed by atoms with Crippen molar-refractivity contribution in [1.29, 1.82) is 0 Å². The molecule has 2 aromatic carbocycles. The molecule has 1 N–H and O–H groups in total. The Morgan fingerprint density at radius 1 is 1.11 bits per heavy atom. The molecule has 0 bridgehead atoms. The summed E-state index contributed by atoms with van der Waals surface area (Å²) in [5.41, 5.74) is 2.19. The van der Waals surface area contributed by atoms with Crippen LogP contribution in [0.3, 0.4) is 0 Å². The molecule has 0 aliphatic heterocycles. The normalized spacial score (nSPS) is 10.7. The second kappa shape index (κ2) is 4.49. The van der Waals surface area contributed by atoms with Gasteiger partial charge >= 0.3 is 0 Å². The van der Waals surface area contributed by atoms with Gasteiger partial charge in [0.2, 0.25) is 0 Å². The fourth-order valence-corrected chi connectivity index (χ4v) is 2.04. The minimum absolute atomic E-state index is 0.720. The molecule has 3 rings (SSSR count). The standard InChI is InChI=1S/C14H14N4/c1-18-12(10-16-17-18)9-15-14-8-4-6-11-5-2-3-7-13(11)14/h2-8,10,15H,9H2,1H3. The van der Waals surface area contributed by atoms with E-state index in [0.717, 1.165) is 17.9 Å². The molecule has 0 aliphatic rings. The van der Waals surface area contributed by atoms with E-state index < -0.39 is 0 Å². The van der Waals surface area contributed by atoms with E-state index in [9.17, 15) is 0 Å². The van der Waals surface area contributed by atoms with Crippen LogP contribution in [0.5, 0.6) is 0 Å². The van der Waals surface area contributed by atoms with E-state index in [2.05, 4.69) is 58.1 Å². The zero-order valence-corrected chi connectivity index (χ0v) is 10.2. The van der Waals surface area contributed by atoms with Crippen molar-refractivity contribution >= 4 is 16.5 Å². The van der Waals surface area contributed by atoms with Crippen molar-refractivity contribution in [2.75, 3.05) is 5.32 Å². The van der Waals surface area contributed by atoms with Gasteiger partial charge in [-0.1, -0.05) is 41.6 Å². The first-order valence-corrected chi connectivity index (χ1v) is 5.90. The van der Waals surface area contributed by atoms with Crippen LogP contribution in [-0.2, 0) is 13.6 Å². The summed E-state index contributed by atoms with van der Waals surface area (Å²) in [6, 6.07) is 14.6. The van der Waals surface area contributed by atoms with Gasteiger partial charge in [-0.25, -0.2) is 0 Å². The van der Waals surface area contributed by atoms with E-state index in [-0.39, 0.29) is 0 Å². The molecule has 0 spiro atoms. The molecule has 90 valence electrons. The number of anilines is 1. The fourth-order valence-electron chi connectivity index (χ4n) is 2.04. The van der Waals surface area contributed by atoms with Gasteiger partial charge in [-0.05, 0) is 11.5 Å². The molecule has 0 aliphatic carbocycles. The Morgan fingerprint density at radius 3 is 2.78 bits per heavy atom. The summed E-state index contributed by atoms with van der Waals surface area (Å²) in [6.45, 7) is 0.720. The maximum absolute atomic E-state index is 3.92. The molecule has 0 saturated carbocycles. The highest BCUT2D eigenvalue weighted by Crippen LogP contribution is 2.23. The van der Waals surface area contributed by atoms with Gasteiger partial charge in [-0.15, -0.1) is 5.10 Å². The number of aromatic nitrogens is 3. The lowest BCUT2D eigenvalue weighted by Crippen LogP contribution is -2.05. The zero-order chi connectivity index (χ0) is 12.4. The van der Waals surface area contributed by atoms with Crippen LogP contribution in [0.25, 0.3) is 10.8 Å². The van der Waals surface area contributed by atoms with Crippen molar-refractivity contribution in [2.24, 2.45) is 7.05 Å². The average molecular weight is 238 g/mol. The number of nitrogens with one attached hydrogen (secondary N) is 1. The molecule has 0 unspecified atom stereocenters. The number of hydrogen-bond donors (Lipinski definition) is 1. The first-order valence-electron chi connectivity index (χ1n) is 5.90. The third-order valence-electron chi connectivity index (χ3n) is 3.06. The predicted octanol–water partition coefficient (Wildman–Crippen LogP) is 2.58. The first kappa shape index (κ1) is 10.8. The van der Waals surface area contributed by atoms with Crippen molar-refractivity contribution in [3.05, 3.63) is 54.4 Å². The monoisotopic (exact) mass is 238 g/mol. The highest BCUT2D eigenvalue weighted by molar-refractivity contribution is 5.93. The summed E-state index contributed by atoms with van der Waals surface area (Å²) in [4.78, 5) is 0. The summed E-state index contributed by atoms with van der Waals surface area (Å²) >= 11 is 0. The first-order chi connectivity index (χ1) is 8.84. The van der Waals surface area contributed by atoms with Gasteiger partial charge in [-0.2, -0.15) is 0 Å². The number of nitrogens with zero attached hydrogens (tertiary/aromatic N) is 3. The number of hydrogen-bond acceptors (Lipinski definition) is 3. The molecule has 0 amide bonds. The van der Waals surface area contributed by atoms with Crippen molar-refractivity contribution in [3.8, 4) is 0 Å². The minimum atomic E-state index is 0.720. The molecule has 3 aromatic rings. The second-order valence-electron chi connectivity index (χ2n) is 4.23. The lowest BCUT2D eigenvalue weighted by Gasteiger charge is -2.09. The molecule has 0 radical (unpaired) electrons. The Kier molecular flexibility index (Phi) is 2.68. The Morgan fingerprint density at radius 2 is 1.94 bits per heavy atom. The number of benzene rings is 2. The van der Waals surface area contributed by atoms with E-state index in [1.165, 1.54) is 10.8 Å². The highest BCUT2D eigenvalue weighted by atomic mass is 15.4. The molecule has 1 heterocycles. The van der Waals surface area contributed by atoms with Crippen LogP contribution in [0.4, 0.5) is 5.69 Å². The maximum atomic E-state index is 3.92. The van der Waals surface area contributed by atoms with Gasteiger partial charge in [0.1, 0.15) is 0 Å². The topological polar surface area (TPSA) is 42.7 Å². The molecule has 18 heavy (non-hydrogen) atoms. The van der Waals surface area contributed by atoms with E-state index in [1.807, 2.05) is 7.05 Å². The quantitative estimate of drug-likeness (QED) is 0.762. The molecule has 4 nitrogen and oxygen atoms in total. The molecular weight excluding hydrogens is 224 g/mol. The van der Waals surface area contributed by atoms with Gasteiger partial charge in [-0.3, -0.25) is 4.68 Å². The number of aryl methyl sites for hydroxylation is 1. The van der Waals surface area contributed by atoms with Crippen LogP contribution in [0.15, 0.2) is 48.7 Å². The Hall–Kier alpha value is -2.36. The molecule has 0 saturated heterocycles. The van der Waals surface area contributed by atoms with Gasteiger partial charge in [0, 0.05) is 18.1 Å². The Bertz CT molecular complexity index is 667. The van der Waals surface area contributed by atoms with Gasteiger partial charge in [0.05, 0.1) is 18.4 Å². The van der Waals surface area contributed by atoms with Crippen molar-refractivity contribution in [3.63, 3.8) is 0 Å². The number of rotatable bonds is 3. The number of fused-ring (bicyclic) bond motifs is 1. The Labute approximate surface area is 105 Å². The van der Waals surface area contributed by atoms with Crippen LogP contribution >= 0.6 is 0 Å². The van der Waals surface area contributed by atoms with E-state index in [0.29, 0.717) is 0 Å². The zero-order valence-electron chi connectivity index (χ0n) is 10.2. The van der Waals surface area contributed by atoms with E-state index in [4.69, 9.17) is 0 Å². The second-order valence-corrected chi connectivity index (χ2v) is 4.23. The minimum Gasteiger partial charge on any atom is -0.379 e. The molecule has 0 atom stereocenters. The van der Waals surface area contributed by atoms with Crippen LogP contribution in [0, 0.1) is 0 Å². The summed E-state index contributed by atoms with van der Waals surface area (Å²) in [6.07, 6.45) is 1.78. The van der Waals surface area contributed by atoms with Gasteiger partial charge < -0.3 is 5.32 Å². The summed E-state index contributed by atoms with van der Waals surface area (Å²) in [5, 5.41) is 13.7. The third kappa shape index (κ3) is 1.93. The molecule has 1 aromatic heterocycles. The van der Waals surface area contributed by atoms with Crippen LogP contribution in [-0.4, -0.2) is 15.0 Å². The van der Waals surface area contributed by atoms with Gasteiger partial charge in [0.15, 0.2) is 0 Å². The van der Waals surface area contributed by atoms with E-state index in [1.54, 1.807) is 10.9 Å². The maximum Gasteiger partial charge on any atom is 0.0774 e. The predicted molar refractivity (Wildman–Crippen MR) is 72.3 cm³/mol. The van der Waals surface area contributed by atoms with Crippen LogP contribution < -0.4 is 5.32 Å². The summed E-state index contributed by atoms with van der Waals surface area (Å²) in [7, 11) is 1.90. The van der Waals surface area contributed by atoms with Crippen molar-refractivity contribution in [2.45, 2.75) is 6.54 Å². The highest BCUT2D eigenvalue weighted by Gasteiger charge is 2.02. The summed E-state index contributed by atoms with van der Waals surface area (Å²) < 4.78 is 1.78. The van der Waals surface area contributed by atoms with E-state index >= 15 is 0 Å². The molecule has 0 fully saturated rings. The molecular formula is C14H14N4. The Balaban J connectivity index is 1.89. The third-order valence-corrected chi connectivity index (χ3v) is 3.06. The lowest BCUT2D eigenvalue weighted by atomic mass is 10.1. The summed E-state index contributed by atoms with van der Waals surface area (Å²) in [5.74, 6) is 0. The lowest BCUT2D eigenvalue weighted by molar-refractivity contribution is 0.683. The van der Waals surface area contributed by atoms with Crippen molar-refractivity contribution in [1.82, 2.24) is 15.0 Å². The SMILES string of the molecule is Cn1nncc1CNc1cccc2ccccc12. The largest absolute Gasteiger partial charge is 0.379 e. The van der Waals surface area contributed by atoms with Crippen LogP contribution in [0.1, 0.15) is 5.69 Å². The fraction of sp³-hybridized carbons (Fsp3) is 0.143. The smallest absolute Gasteiger partial charge is 0.0774 e. The average Bonchev–Trinajstić information content (AvgIpc) is 2.82. The van der Waals surface area contributed by atoms with Crippen molar-refractivity contribution < 1.29 is 0 Å². The van der Waals surface area contributed by atoms with Gasteiger partial charge in [0.25, 0.3) is 0 Å². The van der Waals surface area contributed by atoms with Crippen LogP contribution in [0.2, 0.25) is 0 Å². The molecule has 4 heteroatoms.